The Morgan fingerprint density at radius 2 is 2.18 bits per heavy atom. The molecular weight excluding hydrogens is 403 g/mol. The molecule has 3 heterocycles. The number of H-pyrrole nitrogens is 1. The van der Waals surface area contributed by atoms with E-state index in [1.54, 1.807) is 34.8 Å². The molecule has 1 aromatic carbocycles. The molecule has 146 valence electrons. The van der Waals surface area contributed by atoms with E-state index in [1.807, 2.05) is 6.07 Å². The fourth-order valence-electron chi connectivity index (χ4n) is 3.39. The summed E-state index contributed by atoms with van der Waals surface area (Å²) in [7, 11) is 0. The lowest BCUT2D eigenvalue weighted by atomic mass is 10.2. The van der Waals surface area contributed by atoms with Crippen LogP contribution in [0.25, 0.3) is 11.0 Å². The summed E-state index contributed by atoms with van der Waals surface area (Å²) in [4.78, 5) is 33.2. The maximum Gasteiger partial charge on any atom is 0.278 e. The molecule has 10 heteroatoms. The van der Waals surface area contributed by atoms with Gasteiger partial charge in [0.25, 0.3) is 5.56 Å². The predicted octanol–water partition coefficient (Wildman–Crippen LogP) is 2.83. The number of halogens is 2. The van der Waals surface area contributed by atoms with Crippen molar-refractivity contribution in [2.24, 2.45) is 0 Å². The van der Waals surface area contributed by atoms with E-state index in [2.05, 4.69) is 20.4 Å². The summed E-state index contributed by atoms with van der Waals surface area (Å²) < 4.78 is 1.67. The van der Waals surface area contributed by atoms with Gasteiger partial charge in [-0.1, -0.05) is 29.3 Å². The van der Waals surface area contributed by atoms with Gasteiger partial charge in [-0.05, 0) is 24.1 Å². The molecule has 0 radical (unpaired) electrons. The molecule has 1 aliphatic rings. The SMILES string of the molecule is CC(=O)N1CCC(n2ncc3nc(NCc4ccc(Cl)c(Cl)c4)[nH]c(=O)c32)C1. The van der Waals surface area contributed by atoms with E-state index in [1.165, 1.54) is 0 Å². The first-order valence-electron chi connectivity index (χ1n) is 8.83. The van der Waals surface area contributed by atoms with Crippen LogP contribution in [0.2, 0.25) is 10.0 Å². The lowest BCUT2D eigenvalue weighted by Gasteiger charge is -2.14. The number of carbonyl (C=O) groups is 1. The quantitative estimate of drug-likeness (QED) is 0.676. The van der Waals surface area contributed by atoms with Crippen molar-refractivity contribution in [3.8, 4) is 0 Å². The number of fused-ring (bicyclic) bond motifs is 1. The maximum absolute atomic E-state index is 12.6. The van der Waals surface area contributed by atoms with Gasteiger partial charge in [-0.15, -0.1) is 0 Å². The zero-order chi connectivity index (χ0) is 19.8. The normalized spacial score (nSPS) is 16.7. The van der Waals surface area contributed by atoms with Crippen LogP contribution in [-0.2, 0) is 11.3 Å². The summed E-state index contributed by atoms with van der Waals surface area (Å²) in [5.41, 5.74) is 1.54. The summed E-state index contributed by atoms with van der Waals surface area (Å²) in [6.07, 6.45) is 2.33. The van der Waals surface area contributed by atoms with Crippen molar-refractivity contribution in [1.82, 2.24) is 24.6 Å². The highest BCUT2D eigenvalue weighted by molar-refractivity contribution is 6.42. The Kier molecular flexibility index (Phi) is 4.99. The Hall–Kier alpha value is -2.58. The molecule has 1 saturated heterocycles. The monoisotopic (exact) mass is 420 g/mol. The first-order chi connectivity index (χ1) is 13.4. The van der Waals surface area contributed by atoms with E-state index >= 15 is 0 Å². The number of aromatic nitrogens is 4. The molecule has 4 rings (SSSR count). The predicted molar refractivity (Wildman–Crippen MR) is 108 cm³/mol. The van der Waals surface area contributed by atoms with Gasteiger partial charge in [-0.2, -0.15) is 5.10 Å². The Morgan fingerprint density at radius 3 is 2.89 bits per heavy atom. The minimum absolute atomic E-state index is 0.0276. The van der Waals surface area contributed by atoms with Crippen LogP contribution in [0.5, 0.6) is 0 Å². The van der Waals surface area contributed by atoms with Crippen LogP contribution < -0.4 is 10.9 Å². The number of carbonyl (C=O) groups excluding carboxylic acids is 1. The topological polar surface area (TPSA) is 95.9 Å². The second-order valence-corrected chi connectivity index (χ2v) is 7.56. The largest absolute Gasteiger partial charge is 0.352 e. The van der Waals surface area contributed by atoms with Crippen LogP contribution in [0, 0.1) is 0 Å². The molecule has 1 fully saturated rings. The molecule has 0 aliphatic carbocycles. The lowest BCUT2D eigenvalue weighted by Crippen LogP contribution is -2.27. The van der Waals surface area contributed by atoms with Crippen molar-refractivity contribution in [3.63, 3.8) is 0 Å². The van der Waals surface area contributed by atoms with Gasteiger partial charge in [0.1, 0.15) is 5.52 Å². The van der Waals surface area contributed by atoms with E-state index in [4.69, 9.17) is 23.2 Å². The van der Waals surface area contributed by atoms with Gasteiger partial charge >= 0.3 is 0 Å². The molecule has 3 aromatic rings. The van der Waals surface area contributed by atoms with E-state index in [-0.39, 0.29) is 17.5 Å². The van der Waals surface area contributed by atoms with E-state index in [0.717, 1.165) is 12.0 Å². The third-order valence-corrected chi connectivity index (χ3v) is 5.59. The number of amides is 1. The standard InChI is InChI=1S/C18H18Cl2N6O2/c1-10(27)25-5-4-12(9-25)26-16-15(8-22-26)23-18(24-17(16)28)21-7-11-2-3-13(19)14(20)6-11/h2-3,6,8,12H,4-5,7,9H2,1H3,(H2,21,23,24,28). The first-order valence-corrected chi connectivity index (χ1v) is 9.59. The third kappa shape index (κ3) is 3.57. The number of anilines is 1. The Balaban J connectivity index is 1.55. The van der Waals surface area contributed by atoms with Crippen molar-refractivity contribution in [2.45, 2.75) is 25.9 Å². The average molecular weight is 421 g/mol. The first kappa shape index (κ1) is 18.8. The van der Waals surface area contributed by atoms with Crippen molar-refractivity contribution in [2.75, 3.05) is 18.4 Å². The zero-order valence-corrected chi connectivity index (χ0v) is 16.6. The minimum Gasteiger partial charge on any atom is -0.352 e. The molecule has 0 bridgehead atoms. The maximum atomic E-state index is 12.6. The van der Waals surface area contributed by atoms with Crippen LogP contribution in [-0.4, -0.2) is 43.6 Å². The number of hydrogen-bond acceptors (Lipinski definition) is 5. The molecule has 1 aliphatic heterocycles. The van der Waals surface area contributed by atoms with Gasteiger partial charge in [0.2, 0.25) is 11.9 Å². The number of likely N-dealkylation sites (tertiary alicyclic amines) is 1. The van der Waals surface area contributed by atoms with Crippen LogP contribution in [0.1, 0.15) is 24.9 Å². The van der Waals surface area contributed by atoms with E-state index in [0.29, 0.717) is 46.7 Å². The summed E-state index contributed by atoms with van der Waals surface area (Å²) in [6, 6.07) is 5.29. The molecule has 1 amide bonds. The number of hydrogen-bond donors (Lipinski definition) is 2. The van der Waals surface area contributed by atoms with Gasteiger partial charge in [0, 0.05) is 26.6 Å². The van der Waals surface area contributed by atoms with Crippen molar-refractivity contribution in [3.05, 3.63) is 50.4 Å². The van der Waals surface area contributed by atoms with Crippen molar-refractivity contribution < 1.29 is 4.79 Å². The highest BCUT2D eigenvalue weighted by Gasteiger charge is 2.28. The minimum atomic E-state index is -0.277. The molecule has 0 saturated carbocycles. The molecular formula is C18H18Cl2N6O2. The Morgan fingerprint density at radius 1 is 1.36 bits per heavy atom. The van der Waals surface area contributed by atoms with Crippen molar-refractivity contribution >= 4 is 46.1 Å². The highest BCUT2D eigenvalue weighted by Crippen LogP contribution is 2.24. The summed E-state index contributed by atoms with van der Waals surface area (Å²) >= 11 is 11.9. The number of nitrogens with zero attached hydrogens (tertiary/aromatic N) is 4. The fourth-order valence-corrected chi connectivity index (χ4v) is 3.71. The van der Waals surface area contributed by atoms with Crippen LogP contribution in [0.4, 0.5) is 5.95 Å². The van der Waals surface area contributed by atoms with E-state index in [9.17, 15) is 9.59 Å². The molecule has 2 aromatic heterocycles. The summed E-state index contributed by atoms with van der Waals surface area (Å²) in [5.74, 6) is 0.375. The van der Waals surface area contributed by atoms with Crippen molar-refractivity contribution in [1.29, 1.82) is 0 Å². The second kappa shape index (κ2) is 7.44. The number of benzene rings is 1. The Labute approximate surface area is 170 Å². The van der Waals surface area contributed by atoms with Crippen LogP contribution in [0.15, 0.2) is 29.2 Å². The van der Waals surface area contributed by atoms with Gasteiger partial charge in [-0.25, -0.2) is 4.98 Å². The highest BCUT2D eigenvalue weighted by atomic mass is 35.5. The van der Waals surface area contributed by atoms with Gasteiger partial charge < -0.3 is 10.2 Å². The number of rotatable bonds is 4. The van der Waals surface area contributed by atoms with Gasteiger partial charge in [0.15, 0.2) is 5.52 Å². The molecule has 1 atom stereocenters. The fraction of sp³-hybridized carbons (Fsp3) is 0.333. The molecule has 2 N–H and O–H groups in total. The third-order valence-electron chi connectivity index (χ3n) is 4.85. The molecule has 0 spiro atoms. The molecule has 28 heavy (non-hydrogen) atoms. The second-order valence-electron chi connectivity index (χ2n) is 6.75. The van der Waals surface area contributed by atoms with Gasteiger partial charge in [-0.3, -0.25) is 19.3 Å². The molecule has 8 nitrogen and oxygen atoms in total. The van der Waals surface area contributed by atoms with E-state index < -0.39 is 0 Å². The average Bonchev–Trinajstić information content (AvgIpc) is 3.29. The summed E-state index contributed by atoms with van der Waals surface area (Å²) in [5, 5.41) is 8.39. The van der Waals surface area contributed by atoms with Crippen LogP contribution in [0.3, 0.4) is 0 Å². The van der Waals surface area contributed by atoms with Crippen LogP contribution >= 0.6 is 23.2 Å². The smallest absolute Gasteiger partial charge is 0.278 e. The number of aromatic amines is 1. The molecule has 1 unspecified atom stereocenters. The summed E-state index contributed by atoms with van der Waals surface area (Å²) in [6.45, 7) is 3.18. The Bertz CT molecular complexity index is 1110. The zero-order valence-electron chi connectivity index (χ0n) is 15.1. The number of nitrogens with one attached hydrogen (secondary N) is 2. The lowest BCUT2D eigenvalue weighted by molar-refractivity contribution is -0.127. The van der Waals surface area contributed by atoms with Gasteiger partial charge in [0.05, 0.1) is 22.3 Å².